The van der Waals surface area contributed by atoms with Crippen LogP contribution >= 0.6 is 0 Å². The molecule has 206 valence electrons. The van der Waals surface area contributed by atoms with E-state index in [1.54, 1.807) is 0 Å². The van der Waals surface area contributed by atoms with Crippen molar-refractivity contribution in [3.63, 3.8) is 0 Å². The van der Waals surface area contributed by atoms with Gasteiger partial charge in [-0.1, -0.05) is 109 Å². The van der Waals surface area contributed by atoms with E-state index in [2.05, 4.69) is 0 Å². The van der Waals surface area contributed by atoms with Crippen molar-refractivity contribution in [2.45, 2.75) is 37.6 Å². The highest BCUT2D eigenvalue weighted by molar-refractivity contribution is 5.81. The van der Waals surface area contributed by atoms with Crippen molar-refractivity contribution in [2.75, 3.05) is 0 Å². The van der Waals surface area contributed by atoms with Crippen LogP contribution in [0.1, 0.15) is 11.1 Å². The Labute approximate surface area is 232 Å². The Bertz CT molecular complexity index is 1270. The minimum atomic E-state index is -1.86. The Hall–Kier alpha value is -4.34. The summed E-state index contributed by atoms with van der Waals surface area (Å²) in [4.78, 5) is 24.2. The average Bonchev–Trinajstić information content (AvgIpc) is 2.98. The molecule has 40 heavy (non-hydrogen) atoms. The number of aliphatic hydroxyl groups is 2. The minimum absolute atomic E-state index is 0.0671. The molecule has 0 saturated carbocycles. The van der Waals surface area contributed by atoms with Crippen molar-refractivity contribution >= 4 is 11.8 Å². The van der Waals surface area contributed by atoms with Gasteiger partial charge in [0.05, 0.1) is 13.2 Å². The molecule has 4 aromatic rings. The number of ether oxygens (including phenoxy) is 2. The first-order valence-electron chi connectivity index (χ1n) is 12.8. The number of hydrogen-bond acceptors (Lipinski definition) is 6. The van der Waals surface area contributed by atoms with Gasteiger partial charge in [0.15, 0.2) is 12.2 Å². The molecule has 8 heteroatoms. The third-order valence-corrected chi connectivity index (χ3v) is 6.51. The van der Waals surface area contributed by atoms with Gasteiger partial charge in [-0.2, -0.15) is 0 Å². The highest BCUT2D eigenvalue weighted by atomic mass is 16.5. The largest absolute Gasteiger partial charge is 0.387 e. The quantitative estimate of drug-likeness (QED) is 0.205. The summed E-state index contributed by atoms with van der Waals surface area (Å²) in [5.74, 6) is -2.01. The Kier molecular flexibility index (Phi) is 9.77. The van der Waals surface area contributed by atoms with Crippen molar-refractivity contribution in [1.29, 1.82) is 0 Å². The molecular formula is C32H32N2O6. The van der Waals surface area contributed by atoms with E-state index in [0.717, 1.165) is 22.3 Å². The van der Waals surface area contributed by atoms with Crippen LogP contribution in [0.15, 0.2) is 109 Å². The number of hydrogen-bond donors (Lipinski definition) is 4. The summed E-state index contributed by atoms with van der Waals surface area (Å²) in [6.07, 6.45) is -6.95. The number of carbonyl (C=O) groups excluding carboxylic acids is 2. The van der Waals surface area contributed by atoms with Crippen LogP contribution in [0.5, 0.6) is 0 Å². The summed E-state index contributed by atoms with van der Waals surface area (Å²) in [5, 5.41) is 21.5. The number of amides is 2. The van der Waals surface area contributed by atoms with E-state index in [1.165, 1.54) is 0 Å². The third-order valence-electron chi connectivity index (χ3n) is 6.51. The number of rotatable bonds is 13. The number of primary amides is 2. The second-order valence-corrected chi connectivity index (χ2v) is 9.38. The van der Waals surface area contributed by atoms with E-state index in [-0.39, 0.29) is 13.2 Å². The van der Waals surface area contributed by atoms with Gasteiger partial charge < -0.3 is 31.2 Å². The topological polar surface area (TPSA) is 145 Å². The van der Waals surface area contributed by atoms with Crippen molar-refractivity contribution < 1.29 is 29.3 Å². The predicted octanol–water partition coefficient (Wildman–Crippen LogP) is 3.18. The molecule has 0 bridgehead atoms. The highest BCUT2D eigenvalue weighted by Gasteiger charge is 2.39. The Morgan fingerprint density at radius 1 is 0.525 bits per heavy atom. The van der Waals surface area contributed by atoms with Crippen LogP contribution in [0.4, 0.5) is 0 Å². The zero-order valence-corrected chi connectivity index (χ0v) is 21.8. The molecule has 0 radical (unpaired) electrons. The monoisotopic (exact) mass is 540 g/mol. The van der Waals surface area contributed by atoms with E-state index in [9.17, 15) is 19.8 Å². The van der Waals surface area contributed by atoms with Crippen molar-refractivity contribution in [1.82, 2.24) is 0 Å². The van der Waals surface area contributed by atoms with Gasteiger partial charge in [-0.25, -0.2) is 0 Å². The molecule has 0 aliphatic heterocycles. The van der Waals surface area contributed by atoms with Gasteiger partial charge in [0.1, 0.15) is 12.2 Å². The van der Waals surface area contributed by atoms with Crippen LogP contribution in [0.2, 0.25) is 0 Å². The molecule has 0 aromatic heterocycles. The predicted molar refractivity (Wildman–Crippen MR) is 151 cm³/mol. The fourth-order valence-electron chi connectivity index (χ4n) is 4.28. The lowest BCUT2D eigenvalue weighted by molar-refractivity contribution is -0.167. The molecule has 2 amide bonds. The smallest absolute Gasteiger partial charge is 0.249 e. The van der Waals surface area contributed by atoms with Crippen LogP contribution in [0.25, 0.3) is 22.3 Å². The third kappa shape index (κ3) is 7.40. The molecule has 4 unspecified atom stereocenters. The van der Waals surface area contributed by atoms with Gasteiger partial charge in [-0.15, -0.1) is 0 Å². The molecule has 0 spiro atoms. The number of benzene rings is 4. The lowest BCUT2D eigenvalue weighted by atomic mass is 10.0. The molecule has 4 aromatic carbocycles. The standard InChI is InChI=1S/C32H32N2O6/c33-31(37)29(39-19-21-11-15-25(16-12-21)23-7-3-1-4-8-23)27(35)28(36)30(32(34)38)40-20-22-13-17-26(18-14-22)24-9-5-2-6-10-24/h1-18,27-30,35-36H,19-20H2,(H2,33,37)(H2,34,38). The SMILES string of the molecule is NC(=O)C(OCc1ccc(-c2ccccc2)cc1)C(O)C(O)C(OCc1ccc(-c2ccccc2)cc1)C(N)=O. The molecule has 0 aliphatic carbocycles. The maximum atomic E-state index is 12.1. The lowest BCUT2D eigenvalue weighted by Gasteiger charge is -2.29. The molecule has 6 N–H and O–H groups in total. The minimum Gasteiger partial charge on any atom is -0.387 e. The van der Waals surface area contributed by atoms with Gasteiger partial charge in [0.25, 0.3) is 0 Å². The summed E-state index contributed by atoms with van der Waals surface area (Å²) in [7, 11) is 0. The van der Waals surface area contributed by atoms with Gasteiger partial charge in [0, 0.05) is 0 Å². The van der Waals surface area contributed by atoms with E-state index in [4.69, 9.17) is 20.9 Å². The molecule has 8 nitrogen and oxygen atoms in total. The van der Waals surface area contributed by atoms with Crippen molar-refractivity contribution in [3.05, 3.63) is 120 Å². The number of aliphatic hydroxyl groups excluding tert-OH is 2. The van der Waals surface area contributed by atoms with Crippen LogP contribution in [0.3, 0.4) is 0 Å². The average molecular weight is 541 g/mol. The maximum Gasteiger partial charge on any atom is 0.249 e. The Morgan fingerprint density at radius 2 is 0.825 bits per heavy atom. The molecule has 0 heterocycles. The zero-order valence-electron chi connectivity index (χ0n) is 21.8. The number of carbonyl (C=O) groups is 2. The molecule has 0 aliphatic rings. The highest BCUT2D eigenvalue weighted by Crippen LogP contribution is 2.22. The fourth-order valence-corrected chi connectivity index (χ4v) is 4.28. The first-order chi connectivity index (χ1) is 19.3. The van der Waals surface area contributed by atoms with Crippen LogP contribution in [-0.2, 0) is 32.3 Å². The Morgan fingerprint density at radius 3 is 1.12 bits per heavy atom. The van der Waals surface area contributed by atoms with Gasteiger partial charge in [-0.3, -0.25) is 9.59 Å². The normalized spacial score (nSPS) is 14.2. The second-order valence-electron chi connectivity index (χ2n) is 9.38. The molecule has 0 fully saturated rings. The maximum absolute atomic E-state index is 12.1. The fraction of sp³-hybridized carbons (Fsp3) is 0.188. The van der Waals surface area contributed by atoms with Gasteiger partial charge >= 0.3 is 0 Å². The Balaban J connectivity index is 1.36. The van der Waals surface area contributed by atoms with Crippen LogP contribution < -0.4 is 11.5 Å². The summed E-state index contributed by atoms with van der Waals surface area (Å²) in [5.41, 5.74) is 16.4. The van der Waals surface area contributed by atoms with E-state index >= 15 is 0 Å². The van der Waals surface area contributed by atoms with Crippen molar-refractivity contribution in [2.24, 2.45) is 11.5 Å². The summed E-state index contributed by atoms with van der Waals surface area (Å²) in [6, 6.07) is 34.5. The number of nitrogens with two attached hydrogens (primary N) is 2. The summed E-state index contributed by atoms with van der Waals surface area (Å²) < 4.78 is 11.1. The molecule has 0 saturated heterocycles. The van der Waals surface area contributed by atoms with Gasteiger partial charge in [0.2, 0.25) is 11.8 Å². The van der Waals surface area contributed by atoms with E-state index < -0.39 is 36.2 Å². The van der Waals surface area contributed by atoms with Crippen molar-refractivity contribution in [3.8, 4) is 22.3 Å². The van der Waals surface area contributed by atoms with E-state index in [0.29, 0.717) is 11.1 Å². The zero-order chi connectivity index (χ0) is 28.5. The molecule has 4 atom stereocenters. The van der Waals surface area contributed by atoms with Crippen LogP contribution in [-0.4, -0.2) is 46.4 Å². The summed E-state index contributed by atoms with van der Waals surface area (Å²) in [6.45, 7) is -0.134. The van der Waals surface area contributed by atoms with E-state index in [1.807, 2.05) is 109 Å². The molecule has 4 rings (SSSR count). The first-order valence-corrected chi connectivity index (χ1v) is 12.8. The van der Waals surface area contributed by atoms with Gasteiger partial charge in [-0.05, 0) is 33.4 Å². The summed E-state index contributed by atoms with van der Waals surface area (Å²) >= 11 is 0. The van der Waals surface area contributed by atoms with Crippen LogP contribution in [0, 0.1) is 0 Å². The molecular weight excluding hydrogens is 508 g/mol. The lowest BCUT2D eigenvalue weighted by Crippen LogP contribution is -2.54. The first kappa shape index (κ1) is 28.7. The second kappa shape index (κ2) is 13.6.